The number of ether oxygens (including phenoxy) is 1. The number of benzene rings is 1. The van der Waals surface area contributed by atoms with Crippen molar-refractivity contribution in [1.82, 2.24) is 0 Å². The van der Waals surface area contributed by atoms with Crippen LogP contribution in [0.3, 0.4) is 0 Å². The van der Waals surface area contributed by atoms with Gasteiger partial charge in [-0.1, -0.05) is 20.3 Å². The van der Waals surface area contributed by atoms with E-state index < -0.39 is 23.7 Å². The number of hydrogen-bond donors (Lipinski definition) is 2. The van der Waals surface area contributed by atoms with Gasteiger partial charge in [0.25, 0.3) is 0 Å². The molecule has 0 bridgehead atoms. The van der Waals surface area contributed by atoms with Crippen LogP contribution in [0.4, 0.5) is 18.9 Å². The van der Waals surface area contributed by atoms with E-state index in [2.05, 4.69) is 5.32 Å². The number of carbonyl (C=O) groups is 1. The Morgan fingerprint density at radius 2 is 2.05 bits per heavy atom. The summed E-state index contributed by atoms with van der Waals surface area (Å²) in [6.45, 7) is 3.62. The zero-order valence-electron chi connectivity index (χ0n) is 12.1. The fourth-order valence-corrected chi connectivity index (χ4v) is 1.72. The molecule has 0 radical (unpaired) electrons. The van der Waals surface area contributed by atoms with E-state index in [4.69, 9.17) is 10.5 Å². The van der Waals surface area contributed by atoms with Crippen molar-refractivity contribution in [3.8, 4) is 5.75 Å². The lowest BCUT2D eigenvalue weighted by Crippen LogP contribution is -2.41. The van der Waals surface area contributed by atoms with E-state index in [1.54, 1.807) is 6.92 Å². The van der Waals surface area contributed by atoms with Gasteiger partial charge in [-0.15, -0.1) is 0 Å². The first-order valence-corrected chi connectivity index (χ1v) is 6.52. The summed E-state index contributed by atoms with van der Waals surface area (Å²) in [6.07, 6.45) is -3.94. The molecule has 3 N–H and O–H groups in total. The quantitative estimate of drug-likeness (QED) is 0.879. The van der Waals surface area contributed by atoms with Crippen LogP contribution >= 0.6 is 0 Å². The molecule has 1 aromatic rings. The number of rotatable bonds is 5. The molecule has 4 nitrogen and oxygen atoms in total. The predicted octanol–water partition coefficient (Wildman–Crippen LogP) is 3.03. The number of nitrogens with two attached hydrogens (primary N) is 1. The number of methoxy groups -OCH3 is 1. The second-order valence-corrected chi connectivity index (χ2v) is 4.81. The maximum atomic E-state index is 13.0. The minimum absolute atomic E-state index is 0.0616. The van der Waals surface area contributed by atoms with Crippen LogP contribution in [0.25, 0.3) is 0 Å². The number of anilines is 1. The van der Waals surface area contributed by atoms with Crippen LogP contribution < -0.4 is 15.8 Å². The van der Waals surface area contributed by atoms with Crippen molar-refractivity contribution >= 4 is 11.6 Å². The van der Waals surface area contributed by atoms with Crippen LogP contribution in [-0.2, 0) is 11.0 Å². The lowest BCUT2D eigenvalue weighted by molar-refractivity contribution is -0.137. The molecule has 1 rings (SSSR count). The smallest absolute Gasteiger partial charge is 0.418 e. The molecular formula is C14H19F3N2O2. The first-order valence-electron chi connectivity index (χ1n) is 6.52. The van der Waals surface area contributed by atoms with Gasteiger partial charge < -0.3 is 15.8 Å². The summed E-state index contributed by atoms with van der Waals surface area (Å²) in [4.78, 5) is 11.9. The average molecular weight is 304 g/mol. The highest BCUT2D eigenvalue weighted by molar-refractivity contribution is 5.95. The highest BCUT2D eigenvalue weighted by Crippen LogP contribution is 2.37. The summed E-state index contributed by atoms with van der Waals surface area (Å²) in [5.74, 6) is -0.704. The molecule has 0 saturated heterocycles. The van der Waals surface area contributed by atoms with Crippen molar-refractivity contribution in [2.24, 2.45) is 11.7 Å². The summed E-state index contributed by atoms with van der Waals surface area (Å²) in [6, 6.07) is 2.48. The van der Waals surface area contributed by atoms with Gasteiger partial charge in [0.1, 0.15) is 5.75 Å². The number of amides is 1. The molecule has 0 spiro atoms. The Hall–Kier alpha value is -1.76. The normalized spacial score (nSPS) is 14.4. The third-order valence-electron chi connectivity index (χ3n) is 3.35. The van der Waals surface area contributed by atoms with E-state index in [1.807, 2.05) is 6.92 Å². The Kier molecular flexibility index (Phi) is 5.60. The van der Waals surface area contributed by atoms with Gasteiger partial charge in [0.15, 0.2) is 0 Å². The fraction of sp³-hybridized carbons (Fsp3) is 0.500. The lowest BCUT2D eigenvalue weighted by Gasteiger charge is -2.20. The van der Waals surface area contributed by atoms with Crippen molar-refractivity contribution in [3.63, 3.8) is 0 Å². The van der Waals surface area contributed by atoms with Crippen LogP contribution in [0.15, 0.2) is 18.2 Å². The fourth-order valence-electron chi connectivity index (χ4n) is 1.72. The molecule has 21 heavy (non-hydrogen) atoms. The molecule has 7 heteroatoms. The van der Waals surface area contributed by atoms with Gasteiger partial charge in [-0.05, 0) is 24.1 Å². The lowest BCUT2D eigenvalue weighted by atomic mass is 9.99. The standard InChI is InChI=1S/C14H19F3N2O2/c1-4-8(2)12(18)13(20)19-11-6-5-9(21-3)7-10(11)14(15,16)17/h5-8,12H,4,18H2,1-3H3,(H,19,20). The summed E-state index contributed by atoms with van der Waals surface area (Å²) in [7, 11) is 1.27. The van der Waals surface area contributed by atoms with E-state index in [0.717, 1.165) is 12.1 Å². The van der Waals surface area contributed by atoms with E-state index in [0.29, 0.717) is 6.42 Å². The zero-order chi connectivity index (χ0) is 16.2. The van der Waals surface area contributed by atoms with Gasteiger partial charge in [-0.2, -0.15) is 13.2 Å². The largest absolute Gasteiger partial charge is 0.497 e. The number of hydrogen-bond acceptors (Lipinski definition) is 3. The van der Waals surface area contributed by atoms with Crippen LogP contribution in [-0.4, -0.2) is 19.1 Å². The molecule has 118 valence electrons. The molecule has 0 saturated carbocycles. The minimum Gasteiger partial charge on any atom is -0.497 e. The third kappa shape index (κ3) is 4.35. The molecule has 2 unspecified atom stereocenters. The number of halogens is 3. The van der Waals surface area contributed by atoms with E-state index in [9.17, 15) is 18.0 Å². The molecule has 1 amide bonds. The van der Waals surface area contributed by atoms with Gasteiger partial charge in [0.05, 0.1) is 24.4 Å². The SMILES string of the molecule is CCC(C)C(N)C(=O)Nc1ccc(OC)cc1C(F)(F)F. The van der Waals surface area contributed by atoms with Gasteiger partial charge in [-0.25, -0.2) is 0 Å². The number of carbonyl (C=O) groups excluding carboxylic acids is 1. The van der Waals surface area contributed by atoms with Crippen LogP contribution in [0, 0.1) is 5.92 Å². The molecule has 0 aliphatic rings. The molecular weight excluding hydrogens is 285 g/mol. The highest BCUT2D eigenvalue weighted by atomic mass is 19.4. The first-order chi connectivity index (χ1) is 9.70. The number of alkyl halides is 3. The maximum absolute atomic E-state index is 13.0. The zero-order valence-corrected chi connectivity index (χ0v) is 12.1. The van der Waals surface area contributed by atoms with Crippen molar-refractivity contribution in [2.45, 2.75) is 32.5 Å². The van der Waals surface area contributed by atoms with Crippen molar-refractivity contribution < 1.29 is 22.7 Å². The van der Waals surface area contributed by atoms with Gasteiger partial charge >= 0.3 is 6.18 Å². The summed E-state index contributed by atoms with van der Waals surface area (Å²) in [5.41, 5.74) is 4.42. The predicted molar refractivity (Wildman–Crippen MR) is 74.1 cm³/mol. The summed E-state index contributed by atoms with van der Waals surface area (Å²) < 4.78 is 43.8. The summed E-state index contributed by atoms with van der Waals surface area (Å²) in [5, 5.41) is 2.24. The van der Waals surface area contributed by atoms with Gasteiger partial charge in [-0.3, -0.25) is 4.79 Å². The van der Waals surface area contributed by atoms with Crippen molar-refractivity contribution in [1.29, 1.82) is 0 Å². The molecule has 0 heterocycles. The van der Waals surface area contributed by atoms with E-state index >= 15 is 0 Å². The van der Waals surface area contributed by atoms with Crippen LogP contribution in [0.2, 0.25) is 0 Å². The third-order valence-corrected chi connectivity index (χ3v) is 3.35. The van der Waals surface area contributed by atoms with Crippen LogP contribution in [0.1, 0.15) is 25.8 Å². The van der Waals surface area contributed by atoms with Crippen LogP contribution in [0.5, 0.6) is 5.75 Å². The number of nitrogens with one attached hydrogen (secondary N) is 1. The Morgan fingerprint density at radius 1 is 1.43 bits per heavy atom. The second kappa shape index (κ2) is 6.80. The topological polar surface area (TPSA) is 64.4 Å². The highest BCUT2D eigenvalue weighted by Gasteiger charge is 2.35. The molecule has 0 aromatic heterocycles. The van der Waals surface area contributed by atoms with E-state index in [1.165, 1.54) is 13.2 Å². The van der Waals surface area contributed by atoms with Gasteiger partial charge in [0, 0.05) is 0 Å². The molecule has 0 aliphatic heterocycles. The average Bonchev–Trinajstić information content (AvgIpc) is 2.44. The Labute approximate surface area is 121 Å². The van der Waals surface area contributed by atoms with Gasteiger partial charge in [0.2, 0.25) is 5.91 Å². The maximum Gasteiger partial charge on any atom is 0.418 e. The Bertz CT molecular complexity index is 503. The molecule has 1 aromatic carbocycles. The molecule has 2 atom stereocenters. The molecule has 0 fully saturated rings. The Balaban J connectivity index is 3.05. The van der Waals surface area contributed by atoms with Crippen molar-refractivity contribution in [3.05, 3.63) is 23.8 Å². The Morgan fingerprint density at radius 3 is 2.52 bits per heavy atom. The summed E-state index contributed by atoms with van der Waals surface area (Å²) >= 11 is 0. The van der Waals surface area contributed by atoms with Crippen molar-refractivity contribution in [2.75, 3.05) is 12.4 Å². The minimum atomic E-state index is -4.60. The second-order valence-electron chi connectivity index (χ2n) is 4.81. The molecule has 0 aliphatic carbocycles. The monoisotopic (exact) mass is 304 g/mol. The first kappa shape index (κ1) is 17.3. The van der Waals surface area contributed by atoms with E-state index in [-0.39, 0.29) is 17.4 Å².